The highest BCUT2D eigenvalue weighted by Gasteiger charge is 2.20. The molecular formula is C17H16N4O3. The summed E-state index contributed by atoms with van der Waals surface area (Å²) in [6.07, 6.45) is 1.58. The van der Waals surface area contributed by atoms with Gasteiger partial charge >= 0.3 is 0 Å². The number of carbonyl (C=O) groups excluding carboxylic acids is 1. The predicted octanol–water partition coefficient (Wildman–Crippen LogP) is 1.49. The average Bonchev–Trinajstić information content (AvgIpc) is 2.60. The summed E-state index contributed by atoms with van der Waals surface area (Å²) in [5.74, 6) is 0.218. The van der Waals surface area contributed by atoms with Crippen molar-refractivity contribution < 1.29 is 9.53 Å². The molecule has 1 aromatic carbocycles. The average molecular weight is 324 g/mol. The van der Waals surface area contributed by atoms with Crippen LogP contribution in [0.2, 0.25) is 0 Å². The standard InChI is InChI=1S/C17H16N4O3/c1-20(2)16(22)14-17(23)21(11-6-8-12(24-3)9-7-11)15-13(19-14)5-4-10-18-15/h4-10H,1-3H3. The first-order valence-corrected chi connectivity index (χ1v) is 7.27. The number of ether oxygens (including phenoxy) is 1. The maximum absolute atomic E-state index is 12.9. The van der Waals surface area contributed by atoms with E-state index in [1.807, 2.05) is 0 Å². The molecule has 122 valence electrons. The number of benzene rings is 1. The van der Waals surface area contributed by atoms with E-state index >= 15 is 0 Å². The number of hydrogen-bond donors (Lipinski definition) is 0. The van der Waals surface area contributed by atoms with Crippen LogP contribution in [0.4, 0.5) is 0 Å². The van der Waals surface area contributed by atoms with Gasteiger partial charge in [-0.3, -0.25) is 14.2 Å². The van der Waals surface area contributed by atoms with Crippen LogP contribution in [-0.4, -0.2) is 46.5 Å². The van der Waals surface area contributed by atoms with E-state index in [1.165, 1.54) is 9.47 Å². The molecule has 0 saturated heterocycles. The van der Waals surface area contributed by atoms with E-state index in [0.29, 0.717) is 22.6 Å². The van der Waals surface area contributed by atoms with Gasteiger partial charge in [-0.2, -0.15) is 0 Å². The Morgan fingerprint density at radius 2 is 1.88 bits per heavy atom. The first-order valence-electron chi connectivity index (χ1n) is 7.27. The Bertz CT molecular complexity index is 962. The number of carbonyl (C=O) groups is 1. The summed E-state index contributed by atoms with van der Waals surface area (Å²) >= 11 is 0. The molecule has 1 amide bonds. The fourth-order valence-electron chi connectivity index (χ4n) is 2.34. The highest BCUT2D eigenvalue weighted by Crippen LogP contribution is 2.17. The Labute approximate surface area is 138 Å². The Morgan fingerprint density at radius 3 is 2.50 bits per heavy atom. The number of fused-ring (bicyclic) bond motifs is 1. The topological polar surface area (TPSA) is 77.3 Å². The van der Waals surface area contributed by atoms with E-state index in [9.17, 15) is 9.59 Å². The lowest BCUT2D eigenvalue weighted by Gasteiger charge is -2.14. The van der Waals surface area contributed by atoms with Gasteiger partial charge in [0, 0.05) is 20.3 Å². The zero-order valence-corrected chi connectivity index (χ0v) is 13.6. The molecule has 0 atom stereocenters. The van der Waals surface area contributed by atoms with Gasteiger partial charge in [-0.1, -0.05) is 0 Å². The number of aromatic nitrogens is 3. The lowest BCUT2D eigenvalue weighted by molar-refractivity contribution is 0.0820. The molecule has 3 rings (SSSR count). The molecule has 0 fully saturated rings. The van der Waals surface area contributed by atoms with E-state index in [-0.39, 0.29) is 5.69 Å². The molecule has 0 bridgehead atoms. The maximum Gasteiger partial charge on any atom is 0.288 e. The van der Waals surface area contributed by atoms with Gasteiger partial charge in [-0.25, -0.2) is 9.97 Å². The number of hydrogen-bond acceptors (Lipinski definition) is 5. The number of nitrogens with zero attached hydrogens (tertiary/aromatic N) is 4. The zero-order chi connectivity index (χ0) is 17.3. The van der Waals surface area contributed by atoms with Crippen molar-refractivity contribution in [2.24, 2.45) is 0 Å². The van der Waals surface area contributed by atoms with Gasteiger partial charge < -0.3 is 9.64 Å². The molecule has 0 aliphatic rings. The summed E-state index contributed by atoms with van der Waals surface area (Å²) in [5.41, 5.74) is 0.794. The summed E-state index contributed by atoms with van der Waals surface area (Å²) < 4.78 is 6.53. The first kappa shape index (κ1) is 15.7. The molecule has 24 heavy (non-hydrogen) atoms. The molecule has 0 radical (unpaired) electrons. The third kappa shape index (κ3) is 2.60. The van der Waals surface area contributed by atoms with Crippen molar-refractivity contribution in [2.45, 2.75) is 0 Å². The van der Waals surface area contributed by atoms with E-state index in [4.69, 9.17) is 4.74 Å². The zero-order valence-electron chi connectivity index (χ0n) is 13.6. The second kappa shape index (κ2) is 6.11. The fourth-order valence-corrected chi connectivity index (χ4v) is 2.34. The molecule has 0 spiro atoms. The molecule has 0 N–H and O–H groups in total. The van der Waals surface area contributed by atoms with Gasteiger partial charge in [-0.05, 0) is 36.4 Å². The normalized spacial score (nSPS) is 10.6. The Morgan fingerprint density at radius 1 is 1.17 bits per heavy atom. The molecule has 0 unspecified atom stereocenters. The Hall–Kier alpha value is -3.22. The fraction of sp³-hybridized carbons (Fsp3) is 0.176. The van der Waals surface area contributed by atoms with Crippen molar-refractivity contribution in [3.8, 4) is 11.4 Å². The van der Waals surface area contributed by atoms with Crippen molar-refractivity contribution in [2.75, 3.05) is 21.2 Å². The molecular weight excluding hydrogens is 308 g/mol. The number of rotatable bonds is 3. The van der Waals surface area contributed by atoms with Gasteiger partial charge in [0.25, 0.3) is 11.5 Å². The SMILES string of the molecule is COc1ccc(-n2c(=O)c(C(=O)N(C)C)nc3cccnc32)cc1. The summed E-state index contributed by atoms with van der Waals surface area (Å²) in [6, 6.07) is 10.4. The molecule has 2 aromatic heterocycles. The van der Waals surface area contributed by atoms with E-state index < -0.39 is 11.5 Å². The molecule has 0 saturated carbocycles. The number of amides is 1. The maximum atomic E-state index is 12.9. The number of pyridine rings is 1. The second-order valence-electron chi connectivity index (χ2n) is 5.34. The highest BCUT2D eigenvalue weighted by atomic mass is 16.5. The molecule has 2 heterocycles. The highest BCUT2D eigenvalue weighted by molar-refractivity contribution is 5.93. The van der Waals surface area contributed by atoms with Crippen LogP contribution in [-0.2, 0) is 0 Å². The van der Waals surface area contributed by atoms with Crippen LogP contribution in [0.5, 0.6) is 5.75 Å². The minimum absolute atomic E-state index is 0.142. The first-order chi connectivity index (χ1) is 11.5. The largest absolute Gasteiger partial charge is 0.497 e. The van der Waals surface area contributed by atoms with Crippen LogP contribution in [0.15, 0.2) is 47.4 Å². The minimum atomic E-state index is -0.509. The van der Waals surface area contributed by atoms with Gasteiger partial charge in [0.2, 0.25) is 0 Å². The second-order valence-corrected chi connectivity index (χ2v) is 5.34. The minimum Gasteiger partial charge on any atom is -0.497 e. The van der Waals surface area contributed by atoms with Gasteiger partial charge in [0.15, 0.2) is 11.3 Å². The van der Waals surface area contributed by atoms with Crippen LogP contribution in [0.1, 0.15) is 10.5 Å². The summed E-state index contributed by atoms with van der Waals surface area (Å²) in [5, 5.41) is 0. The van der Waals surface area contributed by atoms with Crippen molar-refractivity contribution in [3.05, 3.63) is 58.6 Å². The molecule has 0 aliphatic carbocycles. The lowest BCUT2D eigenvalue weighted by atomic mass is 10.2. The van der Waals surface area contributed by atoms with Crippen LogP contribution in [0.25, 0.3) is 16.9 Å². The van der Waals surface area contributed by atoms with E-state index in [1.54, 1.807) is 63.8 Å². The van der Waals surface area contributed by atoms with Crippen molar-refractivity contribution >= 4 is 17.1 Å². The van der Waals surface area contributed by atoms with Gasteiger partial charge in [-0.15, -0.1) is 0 Å². The van der Waals surface area contributed by atoms with Crippen LogP contribution in [0.3, 0.4) is 0 Å². The van der Waals surface area contributed by atoms with Gasteiger partial charge in [0.1, 0.15) is 11.3 Å². The molecule has 7 nitrogen and oxygen atoms in total. The smallest absolute Gasteiger partial charge is 0.288 e. The Balaban J connectivity index is 2.33. The van der Waals surface area contributed by atoms with Crippen molar-refractivity contribution in [3.63, 3.8) is 0 Å². The third-order valence-electron chi connectivity index (χ3n) is 3.56. The molecule has 0 aliphatic heterocycles. The lowest BCUT2D eigenvalue weighted by Crippen LogP contribution is -2.33. The monoisotopic (exact) mass is 324 g/mol. The summed E-state index contributed by atoms with van der Waals surface area (Å²) in [7, 11) is 4.72. The number of methoxy groups -OCH3 is 1. The quantitative estimate of drug-likeness (QED) is 0.729. The summed E-state index contributed by atoms with van der Waals surface area (Å²) in [4.78, 5) is 34.9. The van der Waals surface area contributed by atoms with Crippen LogP contribution >= 0.6 is 0 Å². The third-order valence-corrected chi connectivity index (χ3v) is 3.56. The van der Waals surface area contributed by atoms with Crippen molar-refractivity contribution in [1.82, 2.24) is 19.4 Å². The van der Waals surface area contributed by atoms with Crippen LogP contribution in [0, 0.1) is 0 Å². The van der Waals surface area contributed by atoms with E-state index in [2.05, 4.69) is 9.97 Å². The Kier molecular flexibility index (Phi) is 3.99. The summed E-state index contributed by atoms with van der Waals surface area (Å²) in [6.45, 7) is 0. The van der Waals surface area contributed by atoms with E-state index in [0.717, 1.165) is 0 Å². The van der Waals surface area contributed by atoms with Crippen molar-refractivity contribution in [1.29, 1.82) is 0 Å². The van der Waals surface area contributed by atoms with Gasteiger partial charge in [0.05, 0.1) is 12.8 Å². The molecule has 3 aromatic rings. The van der Waals surface area contributed by atoms with Crippen LogP contribution < -0.4 is 10.3 Å². The molecule has 7 heteroatoms. The predicted molar refractivity (Wildman–Crippen MR) is 89.7 cm³/mol.